The minimum atomic E-state index is -0.0616. The number of fused-ring (bicyclic) bond motifs is 1. The monoisotopic (exact) mass is 343 g/mol. The van der Waals surface area contributed by atoms with Gasteiger partial charge in [0.25, 0.3) is 0 Å². The lowest BCUT2D eigenvalue weighted by molar-refractivity contribution is 0.243. The molecule has 0 aliphatic rings. The Balaban J connectivity index is 1.48. The summed E-state index contributed by atoms with van der Waals surface area (Å²) in [7, 11) is 0. The van der Waals surface area contributed by atoms with Crippen LogP contribution in [-0.4, -0.2) is 21.3 Å². The number of hydrogen-bond acceptors (Lipinski definition) is 3. The van der Waals surface area contributed by atoms with Crippen molar-refractivity contribution in [1.82, 2.24) is 14.9 Å². The number of nitrogens with one attached hydrogen (secondary N) is 1. The van der Waals surface area contributed by atoms with Crippen LogP contribution in [0.4, 0.5) is 0 Å². The number of rotatable bonds is 6. The van der Waals surface area contributed by atoms with Crippen LogP contribution < -0.4 is 5.32 Å². The summed E-state index contributed by atoms with van der Waals surface area (Å²) in [6.07, 6.45) is 1.86. The van der Waals surface area contributed by atoms with Crippen molar-refractivity contribution >= 4 is 11.0 Å². The highest BCUT2D eigenvalue weighted by atomic mass is 16.3. The highest BCUT2D eigenvalue weighted by molar-refractivity contribution is 5.77. The molecule has 4 aromatic rings. The lowest BCUT2D eigenvalue weighted by Gasteiger charge is -2.17. The van der Waals surface area contributed by atoms with Crippen molar-refractivity contribution in [3.63, 3.8) is 0 Å². The number of para-hydroxylation sites is 2. The van der Waals surface area contributed by atoms with Crippen LogP contribution in [0.2, 0.25) is 0 Å². The molecular weight excluding hydrogens is 322 g/mol. The average Bonchev–Trinajstić information content (AvgIpc) is 3.14. The zero-order valence-corrected chi connectivity index (χ0v) is 14.4. The van der Waals surface area contributed by atoms with Crippen molar-refractivity contribution in [2.24, 2.45) is 0 Å². The van der Waals surface area contributed by atoms with Crippen LogP contribution in [0.3, 0.4) is 0 Å². The van der Waals surface area contributed by atoms with Crippen molar-refractivity contribution in [2.45, 2.75) is 12.6 Å². The molecule has 0 bridgehead atoms. The molecule has 0 fully saturated rings. The molecule has 4 nitrogen and oxygen atoms in total. The molecule has 0 spiro atoms. The van der Waals surface area contributed by atoms with E-state index in [0.29, 0.717) is 6.54 Å². The molecule has 1 aromatic heterocycles. The van der Waals surface area contributed by atoms with E-state index in [9.17, 15) is 5.11 Å². The summed E-state index contributed by atoms with van der Waals surface area (Å²) in [6.45, 7) is 0.772. The number of imidazole rings is 1. The van der Waals surface area contributed by atoms with Gasteiger partial charge in [-0.15, -0.1) is 0 Å². The second kappa shape index (κ2) is 7.52. The standard InChI is InChI=1S/C22H21N3O/c26-15-21(18-6-2-1-3-7-18)23-14-17-10-12-19(13-11-17)25-16-24-20-8-4-5-9-22(20)25/h1-13,16,21,23,26H,14-15H2/t21-/m1/s1. The van der Waals surface area contributed by atoms with E-state index in [0.717, 1.165) is 22.3 Å². The van der Waals surface area contributed by atoms with Crippen LogP contribution in [0.1, 0.15) is 17.2 Å². The average molecular weight is 343 g/mol. The first-order chi connectivity index (χ1) is 12.8. The maximum Gasteiger partial charge on any atom is 0.100 e. The molecular formula is C22H21N3O. The van der Waals surface area contributed by atoms with E-state index in [1.165, 1.54) is 5.56 Å². The van der Waals surface area contributed by atoms with Crippen molar-refractivity contribution in [3.05, 3.63) is 96.3 Å². The van der Waals surface area contributed by atoms with Gasteiger partial charge in [-0.1, -0.05) is 54.6 Å². The third-order valence-electron chi connectivity index (χ3n) is 4.61. The van der Waals surface area contributed by atoms with Crippen LogP contribution in [0.15, 0.2) is 85.2 Å². The smallest absolute Gasteiger partial charge is 0.100 e. The molecule has 130 valence electrons. The maximum absolute atomic E-state index is 9.65. The van der Waals surface area contributed by atoms with E-state index in [2.05, 4.69) is 45.2 Å². The Labute approximate surface area is 152 Å². The SMILES string of the molecule is OC[C@@H](NCc1ccc(-n2cnc3ccccc32)cc1)c1ccccc1. The van der Waals surface area contributed by atoms with Crippen LogP contribution in [0.5, 0.6) is 0 Å². The van der Waals surface area contributed by atoms with Crippen molar-refractivity contribution in [2.75, 3.05) is 6.61 Å². The van der Waals surface area contributed by atoms with Gasteiger partial charge >= 0.3 is 0 Å². The largest absolute Gasteiger partial charge is 0.394 e. The van der Waals surface area contributed by atoms with E-state index in [1.807, 2.05) is 54.9 Å². The number of benzene rings is 3. The summed E-state index contributed by atoms with van der Waals surface area (Å²) in [4.78, 5) is 4.44. The van der Waals surface area contributed by atoms with E-state index in [1.54, 1.807) is 0 Å². The first kappa shape index (κ1) is 16.5. The molecule has 1 heterocycles. The summed E-state index contributed by atoms with van der Waals surface area (Å²) >= 11 is 0. The molecule has 4 rings (SSSR count). The first-order valence-electron chi connectivity index (χ1n) is 8.76. The van der Waals surface area contributed by atoms with Gasteiger partial charge in [-0.05, 0) is 35.4 Å². The Kier molecular flexibility index (Phi) is 4.78. The van der Waals surface area contributed by atoms with Gasteiger partial charge in [0.1, 0.15) is 6.33 Å². The van der Waals surface area contributed by atoms with E-state index in [-0.39, 0.29) is 12.6 Å². The number of aromatic nitrogens is 2. The molecule has 4 heteroatoms. The topological polar surface area (TPSA) is 50.1 Å². The van der Waals surface area contributed by atoms with Gasteiger partial charge in [0.05, 0.1) is 23.7 Å². The van der Waals surface area contributed by atoms with Gasteiger partial charge in [-0.2, -0.15) is 0 Å². The number of nitrogens with zero attached hydrogens (tertiary/aromatic N) is 2. The zero-order chi connectivity index (χ0) is 17.8. The number of aliphatic hydroxyl groups is 1. The van der Waals surface area contributed by atoms with E-state index >= 15 is 0 Å². The summed E-state index contributed by atoms with van der Waals surface area (Å²) in [5.74, 6) is 0. The molecule has 3 aromatic carbocycles. The van der Waals surface area contributed by atoms with Crippen LogP contribution >= 0.6 is 0 Å². The zero-order valence-electron chi connectivity index (χ0n) is 14.4. The van der Waals surface area contributed by atoms with Gasteiger partial charge in [0.15, 0.2) is 0 Å². The Bertz CT molecular complexity index is 977. The normalized spacial score (nSPS) is 12.3. The van der Waals surface area contributed by atoms with Crippen LogP contribution in [0.25, 0.3) is 16.7 Å². The van der Waals surface area contributed by atoms with E-state index < -0.39 is 0 Å². The summed E-state index contributed by atoms with van der Waals surface area (Å²) in [6, 6.07) is 26.5. The third-order valence-corrected chi connectivity index (χ3v) is 4.61. The molecule has 0 saturated carbocycles. The second-order valence-corrected chi connectivity index (χ2v) is 6.30. The third kappa shape index (κ3) is 3.38. The summed E-state index contributed by atoms with van der Waals surface area (Å²) in [5.41, 5.74) is 5.45. The molecule has 0 amide bonds. The Morgan fingerprint density at radius 1 is 0.885 bits per heavy atom. The number of aliphatic hydroxyl groups excluding tert-OH is 1. The minimum Gasteiger partial charge on any atom is -0.394 e. The number of hydrogen-bond donors (Lipinski definition) is 2. The predicted octanol–water partition coefficient (Wildman–Crippen LogP) is 3.85. The molecule has 1 atom stereocenters. The molecule has 0 unspecified atom stereocenters. The van der Waals surface area contributed by atoms with Gasteiger partial charge in [0, 0.05) is 12.2 Å². The van der Waals surface area contributed by atoms with Gasteiger partial charge in [0.2, 0.25) is 0 Å². The van der Waals surface area contributed by atoms with E-state index in [4.69, 9.17) is 0 Å². The Hall–Kier alpha value is -2.95. The second-order valence-electron chi connectivity index (χ2n) is 6.30. The maximum atomic E-state index is 9.65. The summed E-state index contributed by atoms with van der Waals surface area (Å²) in [5, 5.41) is 13.1. The molecule has 2 N–H and O–H groups in total. The fraction of sp³-hybridized carbons (Fsp3) is 0.136. The fourth-order valence-electron chi connectivity index (χ4n) is 3.15. The van der Waals surface area contributed by atoms with Gasteiger partial charge in [-0.3, -0.25) is 4.57 Å². The Morgan fingerprint density at radius 2 is 1.62 bits per heavy atom. The molecule has 0 aliphatic heterocycles. The van der Waals surface area contributed by atoms with Gasteiger partial charge < -0.3 is 10.4 Å². The first-order valence-corrected chi connectivity index (χ1v) is 8.76. The van der Waals surface area contributed by atoms with Crippen LogP contribution in [0, 0.1) is 0 Å². The van der Waals surface area contributed by atoms with Gasteiger partial charge in [-0.25, -0.2) is 4.98 Å². The van der Waals surface area contributed by atoms with Crippen molar-refractivity contribution in [1.29, 1.82) is 0 Å². The highest BCUT2D eigenvalue weighted by Gasteiger charge is 2.09. The minimum absolute atomic E-state index is 0.0616. The predicted molar refractivity (Wildman–Crippen MR) is 104 cm³/mol. The van der Waals surface area contributed by atoms with Crippen molar-refractivity contribution < 1.29 is 5.11 Å². The quantitative estimate of drug-likeness (QED) is 0.559. The molecule has 0 aliphatic carbocycles. The molecule has 0 saturated heterocycles. The highest BCUT2D eigenvalue weighted by Crippen LogP contribution is 2.19. The molecule has 26 heavy (non-hydrogen) atoms. The Morgan fingerprint density at radius 3 is 2.38 bits per heavy atom. The van der Waals surface area contributed by atoms with Crippen molar-refractivity contribution in [3.8, 4) is 5.69 Å². The lowest BCUT2D eigenvalue weighted by atomic mass is 10.1. The summed E-state index contributed by atoms with van der Waals surface area (Å²) < 4.78 is 2.09. The molecule has 0 radical (unpaired) electrons. The fourth-order valence-corrected chi connectivity index (χ4v) is 3.15. The lowest BCUT2D eigenvalue weighted by Crippen LogP contribution is -2.23. The van der Waals surface area contributed by atoms with Crippen LogP contribution in [-0.2, 0) is 6.54 Å².